The molecule has 0 spiro atoms. The quantitative estimate of drug-likeness (QED) is 0.503. The van der Waals surface area contributed by atoms with Crippen LogP contribution in [0.5, 0.6) is 0 Å². The summed E-state index contributed by atoms with van der Waals surface area (Å²) in [5, 5.41) is 12.3. The Labute approximate surface area is 182 Å². The highest BCUT2D eigenvalue weighted by molar-refractivity contribution is 7.17. The molecule has 1 aliphatic carbocycles. The fourth-order valence-corrected chi connectivity index (χ4v) is 5.44. The largest absolute Gasteiger partial charge is 0.385 e. The molecule has 3 aromatic heterocycles. The van der Waals surface area contributed by atoms with Crippen molar-refractivity contribution in [3.8, 4) is 10.6 Å². The molecule has 0 unspecified atom stereocenters. The third-order valence-electron chi connectivity index (χ3n) is 4.94. The van der Waals surface area contributed by atoms with Crippen molar-refractivity contribution in [2.75, 3.05) is 25.6 Å². The molecular formula is C21H23N3O4S2. The zero-order valence-electron chi connectivity index (χ0n) is 16.7. The van der Waals surface area contributed by atoms with Crippen LogP contribution >= 0.6 is 22.7 Å². The van der Waals surface area contributed by atoms with Gasteiger partial charge in [0.05, 0.1) is 10.4 Å². The summed E-state index contributed by atoms with van der Waals surface area (Å²) in [4.78, 5) is 27.8. The number of nitrogens with zero attached hydrogens (tertiary/aromatic N) is 1. The first kappa shape index (κ1) is 20.8. The number of thiophene rings is 2. The molecule has 0 fully saturated rings. The van der Waals surface area contributed by atoms with E-state index in [0.717, 1.165) is 42.5 Å². The highest BCUT2D eigenvalue weighted by Gasteiger charge is 2.27. The number of aromatic nitrogens is 1. The first-order valence-electron chi connectivity index (χ1n) is 9.91. The van der Waals surface area contributed by atoms with Crippen LogP contribution in [0.4, 0.5) is 5.00 Å². The Morgan fingerprint density at radius 3 is 2.93 bits per heavy atom. The molecule has 2 N–H and O–H groups in total. The van der Waals surface area contributed by atoms with Gasteiger partial charge in [-0.15, -0.1) is 22.7 Å². The summed E-state index contributed by atoms with van der Waals surface area (Å²) >= 11 is 3.00. The standard InChI is InChI=1S/C21H23N3O4S2/c1-27-10-5-9-22-20(26)18-13-6-2-3-7-16(13)30-21(18)23-19(25)14-12-15(28-24-14)17-8-4-11-29-17/h4,8,11-12H,2-3,5-7,9-10H2,1H3,(H,22,26)(H,23,25). The van der Waals surface area contributed by atoms with Crippen molar-refractivity contribution in [2.45, 2.75) is 32.1 Å². The monoisotopic (exact) mass is 445 g/mol. The van der Waals surface area contributed by atoms with E-state index in [-0.39, 0.29) is 17.5 Å². The van der Waals surface area contributed by atoms with E-state index < -0.39 is 0 Å². The number of rotatable bonds is 8. The van der Waals surface area contributed by atoms with E-state index >= 15 is 0 Å². The van der Waals surface area contributed by atoms with E-state index in [1.54, 1.807) is 13.2 Å². The maximum absolute atomic E-state index is 12.9. The summed E-state index contributed by atoms with van der Waals surface area (Å²) < 4.78 is 10.4. The number of carbonyl (C=O) groups excluding carboxylic acids is 2. The van der Waals surface area contributed by atoms with Crippen LogP contribution in [0.1, 0.15) is 50.5 Å². The summed E-state index contributed by atoms with van der Waals surface area (Å²) in [5.74, 6) is 0.0190. The van der Waals surface area contributed by atoms with Gasteiger partial charge in [-0.3, -0.25) is 9.59 Å². The lowest BCUT2D eigenvalue weighted by molar-refractivity contribution is 0.0948. The van der Waals surface area contributed by atoms with Crippen LogP contribution < -0.4 is 10.6 Å². The Bertz CT molecular complexity index is 1020. The first-order chi connectivity index (χ1) is 14.7. The predicted molar refractivity (Wildman–Crippen MR) is 118 cm³/mol. The zero-order chi connectivity index (χ0) is 20.9. The summed E-state index contributed by atoms with van der Waals surface area (Å²) in [6.07, 6.45) is 4.68. The number of amides is 2. The van der Waals surface area contributed by atoms with Crippen LogP contribution in [-0.2, 0) is 17.6 Å². The third kappa shape index (κ3) is 4.48. The molecule has 2 amide bonds. The van der Waals surface area contributed by atoms with Gasteiger partial charge in [-0.25, -0.2) is 0 Å². The smallest absolute Gasteiger partial charge is 0.278 e. The number of hydrogen-bond acceptors (Lipinski definition) is 7. The van der Waals surface area contributed by atoms with E-state index in [0.29, 0.717) is 29.5 Å². The van der Waals surface area contributed by atoms with Gasteiger partial charge in [-0.2, -0.15) is 0 Å². The van der Waals surface area contributed by atoms with Crippen LogP contribution in [0.25, 0.3) is 10.6 Å². The average Bonchev–Trinajstić information content (AvgIpc) is 3.49. The number of aryl methyl sites for hydroxylation is 1. The minimum atomic E-state index is -0.381. The van der Waals surface area contributed by atoms with Gasteiger partial charge >= 0.3 is 0 Å². The average molecular weight is 446 g/mol. The van der Waals surface area contributed by atoms with Gasteiger partial charge in [0, 0.05) is 31.2 Å². The first-order valence-corrected chi connectivity index (χ1v) is 11.6. The topological polar surface area (TPSA) is 93.5 Å². The SMILES string of the molecule is COCCCNC(=O)c1c(NC(=O)c2cc(-c3cccs3)on2)sc2c1CCCC2. The summed E-state index contributed by atoms with van der Waals surface area (Å²) in [6.45, 7) is 1.11. The Hall–Kier alpha value is -2.49. The lowest BCUT2D eigenvalue weighted by Gasteiger charge is -2.13. The van der Waals surface area contributed by atoms with Crippen molar-refractivity contribution in [1.82, 2.24) is 10.5 Å². The van der Waals surface area contributed by atoms with Gasteiger partial charge in [0.2, 0.25) is 0 Å². The minimum absolute atomic E-state index is 0.153. The molecule has 0 aromatic carbocycles. The predicted octanol–water partition coefficient (Wildman–Crippen LogP) is 4.36. The van der Waals surface area contributed by atoms with E-state index in [4.69, 9.17) is 9.26 Å². The van der Waals surface area contributed by atoms with Crippen molar-refractivity contribution in [3.05, 3.63) is 45.3 Å². The van der Waals surface area contributed by atoms with E-state index in [1.807, 2.05) is 17.5 Å². The molecule has 3 aromatic rings. The summed E-state index contributed by atoms with van der Waals surface area (Å²) in [5.41, 5.74) is 1.84. The number of anilines is 1. The summed E-state index contributed by atoms with van der Waals surface area (Å²) in [7, 11) is 1.64. The Balaban J connectivity index is 1.53. The molecular weight excluding hydrogens is 422 g/mol. The number of fused-ring (bicyclic) bond motifs is 1. The Morgan fingerprint density at radius 1 is 1.27 bits per heavy atom. The molecule has 0 radical (unpaired) electrons. The van der Waals surface area contributed by atoms with E-state index in [1.165, 1.54) is 27.6 Å². The number of carbonyl (C=O) groups is 2. The Kier molecular flexibility index (Phi) is 6.61. The van der Waals surface area contributed by atoms with Crippen molar-refractivity contribution >= 4 is 39.5 Å². The molecule has 3 heterocycles. The normalized spacial score (nSPS) is 13.1. The number of nitrogens with one attached hydrogen (secondary N) is 2. The van der Waals surface area contributed by atoms with E-state index in [9.17, 15) is 9.59 Å². The molecule has 0 aliphatic heterocycles. The molecule has 30 heavy (non-hydrogen) atoms. The second-order valence-corrected chi connectivity index (χ2v) is 9.08. The molecule has 0 atom stereocenters. The molecule has 4 rings (SSSR count). The molecule has 9 heteroatoms. The maximum atomic E-state index is 12.9. The molecule has 158 valence electrons. The van der Waals surface area contributed by atoms with Crippen LogP contribution in [0.2, 0.25) is 0 Å². The van der Waals surface area contributed by atoms with Crippen LogP contribution in [0, 0.1) is 0 Å². The summed E-state index contributed by atoms with van der Waals surface area (Å²) in [6, 6.07) is 5.45. The lowest BCUT2D eigenvalue weighted by atomic mass is 9.95. The van der Waals surface area contributed by atoms with Crippen LogP contribution in [-0.4, -0.2) is 37.2 Å². The number of methoxy groups -OCH3 is 1. The maximum Gasteiger partial charge on any atom is 0.278 e. The zero-order valence-corrected chi connectivity index (χ0v) is 18.3. The second kappa shape index (κ2) is 9.55. The van der Waals surface area contributed by atoms with Crippen LogP contribution in [0.3, 0.4) is 0 Å². The fourth-order valence-electron chi connectivity index (χ4n) is 3.49. The van der Waals surface area contributed by atoms with Gasteiger partial charge in [0.15, 0.2) is 11.5 Å². The van der Waals surface area contributed by atoms with Gasteiger partial charge in [-0.1, -0.05) is 11.2 Å². The number of ether oxygens (including phenoxy) is 1. The van der Waals surface area contributed by atoms with E-state index in [2.05, 4.69) is 15.8 Å². The molecule has 1 aliphatic rings. The van der Waals surface area contributed by atoms with Gasteiger partial charge in [0.1, 0.15) is 5.00 Å². The van der Waals surface area contributed by atoms with Crippen molar-refractivity contribution in [2.24, 2.45) is 0 Å². The molecule has 0 saturated carbocycles. The molecule has 7 nitrogen and oxygen atoms in total. The van der Waals surface area contributed by atoms with Gasteiger partial charge in [-0.05, 0) is 49.1 Å². The minimum Gasteiger partial charge on any atom is -0.385 e. The van der Waals surface area contributed by atoms with Crippen molar-refractivity contribution in [1.29, 1.82) is 0 Å². The highest BCUT2D eigenvalue weighted by Crippen LogP contribution is 2.38. The third-order valence-corrected chi connectivity index (χ3v) is 7.03. The number of hydrogen-bond donors (Lipinski definition) is 2. The van der Waals surface area contributed by atoms with Crippen molar-refractivity contribution < 1.29 is 18.8 Å². The highest BCUT2D eigenvalue weighted by atomic mass is 32.1. The molecule has 0 bridgehead atoms. The Morgan fingerprint density at radius 2 is 2.13 bits per heavy atom. The van der Waals surface area contributed by atoms with Crippen LogP contribution in [0.15, 0.2) is 28.1 Å². The fraction of sp³-hybridized carbons (Fsp3) is 0.381. The lowest BCUT2D eigenvalue weighted by Crippen LogP contribution is -2.27. The van der Waals surface area contributed by atoms with Crippen molar-refractivity contribution in [3.63, 3.8) is 0 Å². The molecule has 0 saturated heterocycles. The van der Waals surface area contributed by atoms with Gasteiger partial charge < -0.3 is 19.9 Å². The second-order valence-electron chi connectivity index (χ2n) is 7.03. The van der Waals surface area contributed by atoms with Gasteiger partial charge in [0.25, 0.3) is 11.8 Å².